The number of nitrogens with zero attached hydrogens (tertiary/aromatic N) is 1. The Kier molecular flexibility index (Phi) is 7.48. The van der Waals surface area contributed by atoms with Crippen LogP contribution in [0.25, 0.3) is 0 Å². The minimum absolute atomic E-state index is 0.0174. The summed E-state index contributed by atoms with van der Waals surface area (Å²) in [7, 11) is 0. The molecule has 2 amide bonds. The van der Waals surface area contributed by atoms with Gasteiger partial charge in [0.25, 0.3) is 0 Å². The number of benzene rings is 1. The SMILES string of the molecule is CC(C)C(=O)NCC1CCCN(CC(=O)Nc2ccccc2I)C1. The number of halogens is 1. The highest BCUT2D eigenvalue weighted by atomic mass is 127. The number of hydrogen-bond acceptors (Lipinski definition) is 3. The van der Waals surface area contributed by atoms with Crippen LogP contribution in [0.2, 0.25) is 0 Å². The maximum Gasteiger partial charge on any atom is 0.238 e. The van der Waals surface area contributed by atoms with Gasteiger partial charge in [-0.15, -0.1) is 0 Å². The molecule has 1 aliphatic heterocycles. The number of amides is 2. The number of nitrogens with one attached hydrogen (secondary N) is 2. The Morgan fingerprint density at radius 3 is 2.79 bits per heavy atom. The van der Waals surface area contributed by atoms with E-state index in [0.29, 0.717) is 19.0 Å². The molecule has 1 saturated heterocycles. The number of anilines is 1. The monoisotopic (exact) mass is 443 g/mol. The van der Waals surface area contributed by atoms with Crippen molar-refractivity contribution in [2.24, 2.45) is 11.8 Å². The number of piperidine rings is 1. The lowest BCUT2D eigenvalue weighted by molar-refractivity contribution is -0.124. The van der Waals surface area contributed by atoms with Crippen LogP contribution in [-0.4, -0.2) is 42.9 Å². The van der Waals surface area contributed by atoms with E-state index in [2.05, 4.69) is 38.1 Å². The highest BCUT2D eigenvalue weighted by Gasteiger charge is 2.22. The normalized spacial score (nSPS) is 18.4. The van der Waals surface area contributed by atoms with Crippen molar-refractivity contribution in [3.05, 3.63) is 27.8 Å². The molecule has 0 aromatic heterocycles. The average Bonchev–Trinajstić information content (AvgIpc) is 2.55. The molecular formula is C18H26IN3O2. The van der Waals surface area contributed by atoms with Crippen LogP contribution in [0.15, 0.2) is 24.3 Å². The van der Waals surface area contributed by atoms with Gasteiger partial charge in [-0.1, -0.05) is 26.0 Å². The second kappa shape index (κ2) is 9.36. The summed E-state index contributed by atoms with van der Waals surface area (Å²) in [5.74, 6) is 0.560. The van der Waals surface area contributed by atoms with Gasteiger partial charge in [0, 0.05) is 22.6 Å². The number of para-hydroxylation sites is 1. The van der Waals surface area contributed by atoms with Gasteiger partial charge in [0.15, 0.2) is 0 Å². The third-order valence-corrected chi connectivity index (χ3v) is 5.15. The Labute approximate surface area is 157 Å². The van der Waals surface area contributed by atoms with Crippen molar-refractivity contribution in [2.45, 2.75) is 26.7 Å². The van der Waals surface area contributed by atoms with Gasteiger partial charge in [-0.25, -0.2) is 0 Å². The third kappa shape index (κ3) is 6.05. The molecule has 1 heterocycles. The van der Waals surface area contributed by atoms with Crippen molar-refractivity contribution in [3.8, 4) is 0 Å². The Bertz CT molecular complexity index is 577. The molecule has 6 heteroatoms. The first-order valence-corrected chi connectivity index (χ1v) is 9.58. The standard InChI is InChI=1S/C18H26IN3O2/c1-13(2)18(24)20-10-14-6-5-9-22(11-14)12-17(23)21-16-8-4-3-7-15(16)19/h3-4,7-8,13-14H,5-6,9-12H2,1-2H3,(H,20,24)(H,21,23). The summed E-state index contributed by atoms with van der Waals surface area (Å²) in [6, 6.07) is 7.77. The summed E-state index contributed by atoms with van der Waals surface area (Å²) in [6.07, 6.45) is 2.17. The molecule has 5 nitrogen and oxygen atoms in total. The maximum atomic E-state index is 12.3. The maximum absolute atomic E-state index is 12.3. The van der Waals surface area contributed by atoms with Gasteiger partial charge in [-0.3, -0.25) is 14.5 Å². The number of hydrogen-bond donors (Lipinski definition) is 2. The van der Waals surface area contributed by atoms with Crippen molar-refractivity contribution < 1.29 is 9.59 Å². The quantitative estimate of drug-likeness (QED) is 0.665. The zero-order valence-electron chi connectivity index (χ0n) is 14.3. The lowest BCUT2D eigenvalue weighted by atomic mass is 9.97. The molecule has 1 atom stereocenters. The summed E-state index contributed by atoms with van der Waals surface area (Å²) < 4.78 is 1.04. The third-order valence-electron chi connectivity index (χ3n) is 4.21. The van der Waals surface area contributed by atoms with Crippen molar-refractivity contribution in [2.75, 3.05) is 31.5 Å². The van der Waals surface area contributed by atoms with Crippen LogP contribution in [0.1, 0.15) is 26.7 Å². The summed E-state index contributed by atoms with van der Waals surface area (Å²) >= 11 is 2.22. The smallest absolute Gasteiger partial charge is 0.238 e. The molecule has 1 aromatic carbocycles. The van der Waals surface area contributed by atoms with E-state index in [-0.39, 0.29) is 17.7 Å². The van der Waals surface area contributed by atoms with Crippen molar-refractivity contribution in [3.63, 3.8) is 0 Å². The van der Waals surface area contributed by atoms with Crippen LogP contribution in [0, 0.1) is 15.4 Å². The van der Waals surface area contributed by atoms with E-state index in [0.717, 1.165) is 35.2 Å². The van der Waals surface area contributed by atoms with Crippen LogP contribution in [0.3, 0.4) is 0 Å². The number of carbonyl (C=O) groups excluding carboxylic acids is 2. The molecule has 2 N–H and O–H groups in total. The summed E-state index contributed by atoms with van der Waals surface area (Å²) in [6.45, 7) is 6.70. The topological polar surface area (TPSA) is 61.4 Å². The second-order valence-electron chi connectivity index (χ2n) is 6.67. The highest BCUT2D eigenvalue weighted by Crippen LogP contribution is 2.18. The second-order valence-corrected chi connectivity index (χ2v) is 7.83. The Hall–Kier alpha value is -1.15. The Balaban J connectivity index is 1.79. The van der Waals surface area contributed by atoms with E-state index in [4.69, 9.17) is 0 Å². The van der Waals surface area contributed by atoms with Crippen LogP contribution >= 0.6 is 22.6 Å². The molecule has 1 unspecified atom stereocenters. The van der Waals surface area contributed by atoms with Crippen LogP contribution in [0.5, 0.6) is 0 Å². The molecule has 1 aliphatic rings. The molecule has 0 saturated carbocycles. The van der Waals surface area contributed by atoms with E-state index < -0.39 is 0 Å². The van der Waals surface area contributed by atoms with Gasteiger partial charge in [-0.2, -0.15) is 0 Å². The number of rotatable bonds is 6. The van der Waals surface area contributed by atoms with Gasteiger partial charge < -0.3 is 10.6 Å². The first-order chi connectivity index (χ1) is 11.5. The average molecular weight is 443 g/mol. The fourth-order valence-electron chi connectivity index (χ4n) is 2.87. The van der Waals surface area contributed by atoms with Crippen molar-refractivity contribution in [1.82, 2.24) is 10.2 Å². The molecule has 132 valence electrons. The molecule has 1 aromatic rings. The molecule has 0 radical (unpaired) electrons. The van der Waals surface area contributed by atoms with Gasteiger partial charge in [0.1, 0.15) is 0 Å². The lowest BCUT2D eigenvalue weighted by Gasteiger charge is -2.32. The summed E-state index contributed by atoms with van der Waals surface area (Å²) in [5.41, 5.74) is 0.862. The molecule has 1 fully saturated rings. The first-order valence-electron chi connectivity index (χ1n) is 8.50. The zero-order chi connectivity index (χ0) is 17.5. The van der Waals surface area contributed by atoms with E-state index in [9.17, 15) is 9.59 Å². The van der Waals surface area contributed by atoms with Crippen LogP contribution in [-0.2, 0) is 9.59 Å². The molecule has 0 spiro atoms. The van der Waals surface area contributed by atoms with Gasteiger partial charge in [0.2, 0.25) is 11.8 Å². The molecule has 0 bridgehead atoms. The predicted octanol–water partition coefficient (Wildman–Crippen LogP) is 2.71. The largest absolute Gasteiger partial charge is 0.356 e. The molecule has 24 heavy (non-hydrogen) atoms. The zero-order valence-corrected chi connectivity index (χ0v) is 16.5. The van der Waals surface area contributed by atoms with Gasteiger partial charge in [-0.05, 0) is 60.0 Å². The van der Waals surface area contributed by atoms with E-state index in [1.54, 1.807) is 0 Å². The van der Waals surface area contributed by atoms with Crippen LogP contribution < -0.4 is 10.6 Å². The fourth-order valence-corrected chi connectivity index (χ4v) is 3.39. The summed E-state index contributed by atoms with van der Waals surface area (Å²) in [5, 5.41) is 5.99. The Morgan fingerprint density at radius 2 is 2.08 bits per heavy atom. The fraction of sp³-hybridized carbons (Fsp3) is 0.556. The first kappa shape index (κ1) is 19.2. The predicted molar refractivity (Wildman–Crippen MR) is 105 cm³/mol. The Morgan fingerprint density at radius 1 is 1.33 bits per heavy atom. The van der Waals surface area contributed by atoms with Crippen molar-refractivity contribution in [1.29, 1.82) is 0 Å². The van der Waals surface area contributed by atoms with E-state index >= 15 is 0 Å². The molecule has 2 rings (SSSR count). The van der Waals surface area contributed by atoms with Crippen LogP contribution in [0.4, 0.5) is 5.69 Å². The van der Waals surface area contributed by atoms with E-state index in [1.807, 2.05) is 38.1 Å². The number of carbonyl (C=O) groups is 2. The minimum atomic E-state index is 0.0174. The van der Waals surface area contributed by atoms with Crippen molar-refractivity contribution >= 4 is 40.1 Å². The van der Waals surface area contributed by atoms with E-state index in [1.165, 1.54) is 0 Å². The molecule has 0 aliphatic carbocycles. The number of likely N-dealkylation sites (tertiary alicyclic amines) is 1. The van der Waals surface area contributed by atoms with Gasteiger partial charge in [0.05, 0.1) is 12.2 Å². The lowest BCUT2D eigenvalue weighted by Crippen LogP contribution is -2.44. The van der Waals surface area contributed by atoms with Gasteiger partial charge >= 0.3 is 0 Å². The molecular weight excluding hydrogens is 417 g/mol. The summed E-state index contributed by atoms with van der Waals surface area (Å²) in [4.78, 5) is 26.1. The minimum Gasteiger partial charge on any atom is -0.356 e. The highest BCUT2D eigenvalue weighted by molar-refractivity contribution is 14.1.